The average Bonchev–Trinajstić information content (AvgIpc) is 2.24. The van der Waals surface area contributed by atoms with Crippen molar-refractivity contribution in [1.29, 1.82) is 0 Å². The molecule has 5 heteroatoms. The summed E-state index contributed by atoms with van der Waals surface area (Å²) in [6, 6.07) is 2.48. The number of hydrogen-bond donors (Lipinski definition) is 1. The van der Waals surface area contributed by atoms with Crippen LogP contribution in [0.3, 0.4) is 0 Å². The molecule has 2 unspecified atom stereocenters. The smallest absolute Gasteiger partial charge is 0.149 e. The Bertz CT molecular complexity index is 431. The van der Waals surface area contributed by atoms with Crippen LogP contribution < -0.4 is 5.32 Å². The third-order valence-electron chi connectivity index (χ3n) is 3.07. The Balaban J connectivity index is 2.11. The molecule has 0 amide bonds. The van der Waals surface area contributed by atoms with Crippen molar-refractivity contribution in [3.05, 3.63) is 28.2 Å². The van der Waals surface area contributed by atoms with E-state index in [4.69, 9.17) is 4.74 Å². The zero-order chi connectivity index (χ0) is 13.3. The zero-order valence-corrected chi connectivity index (χ0v) is 11.9. The third kappa shape index (κ3) is 3.20. The maximum Gasteiger partial charge on any atom is 0.149 e. The molecule has 18 heavy (non-hydrogen) atoms. The number of rotatable bonds is 2. The van der Waals surface area contributed by atoms with E-state index in [1.165, 1.54) is 6.07 Å². The van der Waals surface area contributed by atoms with E-state index in [0.29, 0.717) is 5.69 Å². The molecule has 0 bridgehead atoms. The molecule has 0 aliphatic carbocycles. The number of benzene rings is 1. The highest BCUT2D eigenvalue weighted by Crippen LogP contribution is 2.27. The second kappa shape index (κ2) is 5.53. The van der Waals surface area contributed by atoms with Gasteiger partial charge in [0.05, 0.1) is 22.4 Å². The lowest BCUT2D eigenvalue weighted by Crippen LogP contribution is -2.37. The number of halogens is 3. The Morgan fingerprint density at radius 3 is 2.39 bits per heavy atom. The summed E-state index contributed by atoms with van der Waals surface area (Å²) in [7, 11) is 0. The van der Waals surface area contributed by atoms with E-state index in [0.717, 1.165) is 18.9 Å². The van der Waals surface area contributed by atoms with Crippen LogP contribution in [0.2, 0.25) is 0 Å². The molecule has 1 fully saturated rings. The normalized spacial score (nSPS) is 28.2. The standard InChI is InChI=1S/C13H16BrF2NO/c1-7-3-9(4-8(2)18-7)17-13-5-10(14)11(15)6-12(13)16/h5-9,17H,3-4H2,1-2H3. The quantitative estimate of drug-likeness (QED) is 0.829. The second-order valence-electron chi connectivity index (χ2n) is 4.82. The Morgan fingerprint density at radius 2 is 1.78 bits per heavy atom. The highest BCUT2D eigenvalue weighted by atomic mass is 79.9. The van der Waals surface area contributed by atoms with E-state index < -0.39 is 11.6 Å². The predicted molar refractivity (Wildman–Crippen MR) is 70.7 cm³/mol. The molecule has 2 atom stereocenters. The third-order valence-corrected chi connectivity index (χ3v) is 3.67. The average molecular weight is 320 g/mol. The lowest BCUT2D eigenvalue weighted by molar-refractivity contribution is -0.0338. The molecule has 1 aliphatic rings. The highest BCUT2D eigenvalue weighted by Gasteiger charge is 2.25. The minimum absolute atomic E-state index is 0.149. The Labute approximate surface area is 114 Å². The van der Waals surface area contributed by atoms with Crippen LogP contribution in [-0.2, 0) is 4.74 Å². The van der Waals surface area contributed by atoms with Gasteiger partial charge in [0.15, 0.2) is 0 Å². The van der Waals surface area contributed by atoms with Crippen molar-refractivity contribution in [2.75, 3.05) is 5.32 Å². The number of ether oxygens (including phenoxy) is 1. The van der Waals surface area contributed by atoms with Gasteiger partial charge in [0.25, 0.3) is 0 Å². The van der Waals surface area contributed by atoms with Gasteiger partial charge in [-0.15, -0.1) is 0 Å². The van der Waals surface area contributed by atoms with Crippen molar-refractivity contribution in [3.8, 4) is 0 Å². The summed E-state index contributed by atoms with van der Waals surface area (Å²) >= 11 is 3.06. The van der Waals surface area contributed by atoms with Crippen LogP contribution in [0.15, 0.2) is 16.6 Å². The molecule has 1 saturated heterocycles. The van der Waals surface area contributed by atoms with Gasteiger partial charge in [-0.05, 0) is 48.7 Å². The molecule has 1 heterocycles. The maximum absolute atomic E-state index is 13.6. The van der Waals surface area contributed by atoms with Gasteiger partial charge in [0.1, 0.15) is 11.6 Å². The Morgan fingerprint density at radius 1 is 1.17 bits per heavy atom. The molecule has 0 spiro atoms. The van der Waals surface area contributed by atoms with Crippen LogP contribution in [0.25, 0.3) is 0 Å². The summed E-state index contributed by atoms with van der Waals surface area (Å²) in [6.07, 6.45) is 1.94. The van der Waals surface area contributed by atoms with E-state index in [1.54, 1.807) is 0 Å². The molecule has 100 valence electrons. The molecule has 0 saturated carbocycles. The van der Waals surface area contributed by atoms with Crippen molar-refractivity contribution in [3.63, 3.8) is 0 Å². The zero-order valence-electron chi connectivity index (χ0n) is 10.3. The van der Waals surface area contributed by atoms with Crippen LogP contribution in [0.1, 0.15) is 26.7 Å². The summed E-state index contributed by atoms with van der Waals surface area (Å²) < 4.78 is 32.6. The molecule has 1 N–H and O–H groups in total. The molecule has 0 radical (unpaired) electrons. The molecular formula is C13H16BrF2NO. The van der Waals surface area contributed by atoms with E-state index in [2.05, 4.69) is 21.2 Å². The van der Waals surface area contributed by atoms with Crippen LogP contribution in [0.5, 0.6) is 0 Å². The van der Waals surface area contributed by atoms with Crippen molar-refractivity contribution >= 4 is 21.6 Å². The van der Waals surface area contributed by atoms with Crippen LogP contribution in [0.4, 0.5) is 14.5 Å². The van der Waals surface area contributed by atoms with Gasteiger partial charge >= 0.3 is 0 Å². The second-order valence-corrected chi connectivity index (χ2v) is 5.67. The van der Waals surface area contributed by atoms with Crippen LogP contribution in [-0.4, -0.2) is 18.2 Å². The molecule has 1 aromatic carbocycles. The predicted octanol–water partition coefficient (Wildman–Crippen LogP) is 4.10. The fourth-order valence-corrected chi connectivity index (χ4v) is 2.72. The molecule has 1 aliphatic heterocycles. The van der Waals surface area contributed by atoms with Gasteiger partial charge in [0.2, 0.25) is 0 Å². The Hall–Kier alpha value is -0.680. The van der Waals surface area contributed by atoms with Crippen molar-refractivity contribution < 1.29 is 13.5 Å². The van der Waals surface area contributed by atoms with Crippen molar-refractivity contribution in [2.24, 2.45) is 0 Å². The summed E-state index contributed by atoms with van der Waals surface area (Å²) in [5.74, 6) is -1.16. The van der Waals surface area contributed by atoms with Gasteiger partial charge < -0.3 is 10.1 Å². The summed E-state index contributed by atoms with van der Waals surface area (Å²) in [5, 5.41) is 3.13. The fraction of sp³-hybridized carbons (Fsp3) is 0.538. The first kappa shape index (κ1) is 13.7. The monoisotopic (exact) mass is 319 g/mol. The lowest BCUT2D eigenvalue weighted by atomic mass is 9.99. The minimum Gasteiger partial charge on any atom is -0.380 e. The van der Waals surface area contributed by atoms with Gasteiger partial charge in [-0.2, -0.15) is 0 Å². The number of anilines is 1. The first-order valence-electron chi connectivity index (χ1n) is 6.02. The summed E-state index contributed by atoms with van der Waals surface area (Å²) in [6.45, 7) is 4.00. The van der Waals surface area contributed by atoms with E-state index in [9.17, 15) is 8.78 Å². The molecular weight excluding hydrogens is 304 g/mol. The van der Waals surface area contributed by atoms with E-state index in [-0.39, 0.29) is 22.7 Å². The highest BCUT2D eigenvalue weighted by molar-refractivity contribution is 9.10. The first-order chi connectivity index (χ1) is 8.45. The number of nitrogens with one attached hydrogen (secondary N) is 1. The minimum atomic E-state index is -0.591. The van der Waals surface area contributed by atoms with Crippen LogP contribution in [0, 0.1) is 11.6 Å². The lowest BCUT2D eigenvalue weighted by Gasteiger charge is -2.33. The molecule has 2 nitrogen and oxygen atoms in total. The van der Waals surface area contributed by atoms with Crippen LogP contribution >= 0.6 is 15.9 Å². The maximum atomic E-state index is 13.6. The summed E-state index contributed by atoms with van der Waals surface area (Å²) in [4.78, 5) is 0. The van der Waals surface area contributed by atoms with Crippen molar-refractivity contribution in [1.82, 2.24) is 0 Å². The summed E-state index contributed by atoms with van der Waals surface area (Å²) in [5.41, 5.74) is 0.328. The topological polar surface area (TPSA) is 21.3 Å². The fourth-order valence-electron chi connectivity index (χ4n) is 2.38. The molecule has 1 aromatic rings. The van der Waals surface area contributed by atoms with Gasteiger partial charge in [-0.25, -0.2) is 8.78 Å². The number of hydrogen-bond acceptors (Lipinski definition) is 2. The first-order valence-corrected chi connectivity index (χ1v) is 6.81. The van der Waals surface area contributed by atoms with Crippen molar-refractivity contribution in [2.45, 2.75) is 44.9 Å². The van der Waals surface area contributed by atoms with Gasteiger partial charge in [0, 0.05) is 12.1 Å². The largest absolute Gasteiger partial charge is 0.380 e. The SMILES string of the molecule is CC1CC(Nc2cc(Br)c(F)cc2F)CC(C)O1. The molecule has 0 aromatic heterocycles. The van der Waals surface area contributed by atoms with Gasteiger partial charge in [-0.1, -0.05) is 0 Å². The van der Waals surface area contributed by atoms with Gasteiger partial charge in [-0.3, -0.25) is 0 Å². The van der Waals surface area contributed by atoms with E-state index >= 15 is 0 Å². The van der Waals surface area contributed by atoms with E-state index in [1.807, 2.05) is 13.8 Å². The Kier molecular flexibility index (Phi) is 4.22. The molecule has 2 rings (SSSR count).